The third-order valence-corrected chi connectivity index (χ3v) is 4.83. The van der Waals surface area contributed by atoms with Gasteiger partial charge in [0.2, 0.25) is 5.91 Å². The Labute approximate surface area is 152 Å². The second kappa shape index (κ2) is 6.34. The summed E-state index contributed by atoms with van der Waals surface area (Å²) in [6.45, 7) is 6.11. The van der Waals surface area contributed by atoms with Gasteiger partial charge in [0.25, 0.3) is 0 Å². The van der Waals surface area contributed by atoms with E-state index in [0.29, 0.717) is 0 Å². The standard InChI is InChI=1S/C23H21NO2/c1-14-10-15(2)23(16(3)11-14)24-21(25)12-18-13-26-20-9-8-17-6-4-5-7-19(17)22(18)20/h4-11,13H,12H2,1-3H3,(H,24,25). The molecule has 130 valence electrons. The molecule has 0 aliphatic heterocycles. The molecule has 4 rings (SSSR count). The summed E-state index contributed by atoms with van der Waals surface area (Å²) in [5, 5.41) is 6.36. The van der Waals surface area contributed by atoms with E-state index in [1.807, 2.05) is 38.1 Å². The van der Waals surface area contributed by atoms with Crippen LogP contribution >= 0.6 is 0 Å². The summed E-state index contributed by atoms with van der Waals surface area (Å²) >= 11 is 0. The Morgan fingerprint density at radius 2 is 1.73 bits per heavy atom. The molecule has 0 spiro atoms. The van der Waals surface area contributed by atoms with Gasteiger partial charge in [-0.25, -0.2) is 0 Å². The second-order valence-electron chi connectivity index (χ2n) is 6.92. The number of rotatable bonds is 3. The van der Waals surface area contributed by atoms with Gasteiger partial charge in [0.15, 0.2) is 0 Å². The van der Waals surface area contributed by atoms with Crippen LogP contribution in [0.15, 0.2) is 59.2 Å². The van der Waals surface area contributed by atoms with Gasteiger partial charge in [0.05, 0.1) is 12.7 Å². The zero-order chi connectivity index (χ0) is 18.3. The smallest absolute Gasteiger partial charge is 0.228 e. The topological polar surface area (TPSA) is 42.2 Å². The maximum atomic E-state index is 12.7. The summed E-state index contributed by atoms with van der Waals surface area (Å²) in [6.07, 6.45) is 1.99. The van der Waals surface area contributed by atoms with Crippen LogP contribution in [0.2, 0.25) is 0 Å². The summed E-state index contributed by atoms with van der Waals surface area (Å²) in [7, 11) is 0. The van der Waals surface area contributed by atoms with Crippen molar-refractivity contribution in [2.24, 2.45) is 0 Å². The van der Waals surface area contributed by atoms with E-state index in [2.05, 4.69) is 36.5 Å². The molecule has 1 heterocycles. The van der Waals surface area contributed by atoms with Crippen molar-refractivity contribution in [1.82, 2.24) is 0 Å². The Hall–Kier alpha value is -3.07. The van der Waals surface area contributed by atoms with Gasteiger partial charge in [-0.1, -0.05) is 48.0 Å². The lowest BCUT2D eigenvalue weighted by Crippen LogP contribution is -2.16. The zero-order valence-electron chi connectivity index (χ0n) is 15.2. The van der Waals surface area contributed by atoms with E-state index < -0.39 is 0 Å². The number of benzene rings is 3. The number of carbonyl (C=O) groups is 1. The average Bonchev–Trinajstić information content (AvgIpc) is 3.01. The Bertz CT molecular complexity index is 1110. The highest BCUT2D eigenvalue weighted by atomic mass is 16.3. The number of fused-ring (bicyclic) bond motifs is 3. The SMILES string of the molecule is Cc1cc(C)c(NC(=O)Cc2coc3ccc4ccccc4c23)c(C)c1. The van der Waals surface area contributed by atoms with Gasteiger partial charge in [0.1, 0.15) is 5.58 Å². The van der Waals surface area contributed by atoms with Crippen LogP contribution in [-0.4, -0.2) is 5.91 Å². The maximum Gasteiger partial charge on any atom is 0.228 e. The van der Waals surface area contributed by atoms with Crippen molar-refractivity contribution in [3.63, 3.8) is 0 Å². The van der Waals surface area contributed by atoms with Gasteiger partial charge in [-0.3, -0.25) is 4.79 Å². The number of amides is 1. The minimum atomic E-state index is -0.0318. The Morgan fingerprint density at radius 1 is 1.00 bits per heavy atom. The van der Waals surface area contributed by atoms with Gasteiger partial charge < -0.3 is 9.73 Å². The first kappa shape index (κ1) is 16.4. The number of nitrogens with one attached hydrogen (secondary N) is 1. The fourth-order valence-corrected chi connectivity index (χ4v) is 3.74. The summed E-state index contributed by atoms with van der Waals surface area (Å²) in [5.41, 5.74) is 5.99. The van der Waals surface area contributed by atoms with Crippen LogP contribution in [0.3, 0.4) is 0 Å². The summed E-state index contributed by atoms with van der Waals surface area (Å²) in [4.78, 5) is 12.7. The number of carbonyl (C=O) groups excluding carboxylic acids is 1. The van der Waals surface area contributed by atoms with Crippen LogP contribution in [0.25, 0.3) is 21.7 Å². The number of hydrogen-bond donors (Lipinski definition) is 1. The monoisotopic (exact) mass is 343 g/mol. The first-order valence-corrected chi connectivity index (χ1v) is 8.78. The molecule has 0 aliphatic rings. The molecule has 0 atom stereocenters. The fourth-order valence-electron chi connectivity index (χ4n) is 3.74. The molecule has 1 N–H and O–H groups in total. The fraction of sp³-hybridized carbons (Fsp3) is 0.174. The van der Waals surface area contributed by atoms with Crippen LogP contribution in [0.4, 0.5) is 5.69 Å². The van der Waals surface area contributed by atoms with E-state index in [4.69, 9.17) is 4.42 Å². The van der Waals surface area contributed by atoms with E-state index in [1.54, 1.807) is 6.26 Å². The highest BCUT2D eigenvalue weighted by molar-refractivity contribution is 6.09. The Kier molecular flexibility index (Phi) is 4.00. The van der Waals surface area contributed by atoms with E-state index >= 15 is 0 Å². The van der Waals surface area contributed by atoms with E-state index in [0.717, 1.165) is 44.1 Å². The van der Waals surface area contributed by atoms with Gasteiger partial charge >= 0.3 is 0 Å². The lowest BCUT2D eigenvalue weighted by molar-refractivity contribution is -0.115. The molecule has 3 nitrogen and oxygen atoms in total. The molecule has 0 radical (unpaired) electrons. The number of furan rings is 1. The molecular weight excluding hydrogens is 322 g/mol. The van der Waals surface area contributed by atoms with Gasteiger partial charge in [-0.15, -0.1) is 0 Å². The molecule has 3 aromatic carbocycles. The van der Waals surface area contributed by atoms with E-state index in [9.17, 15) is 4.79 Å². The average molecular weight is 343 g/mol. The van der Waals surface area contributed by atoms with Crippen LogP contribution < -0.4 is 5.32 Å². The number of aryl methyl sites for hydroxylation is 3. The minimum Gasteiger partial charge on any atom is -0.464 e. The molecule has 26 heavy (non-hydrogen) atoms. The van der Waals surface area contributed by atoms with Gasteiger partial charge in [-0.05, 0) is 48.7 Å². The van der Waals surface area contributed by atoms with Crippen molar-refractivity contribution in [1.29, 1.82) is 0 Å². The summed E-state index contributed by atoms with van der Waals surface area (Å²) < 4.78 is 5.69. The Balaban J connectivity index is 1.68. The lowest BCUT2D eigenvalue weighted by atomic mass is 10.0. The molecule has 0 fully saturated rings. The van der Waals surface area contributed by atoms with Crippen molar-refractivity contribution in [2.75, 3.05) is 5.32 Å². The van der Waals surface area contributed by atoms with Gasteiger partial charge in [-0.2, -0.15) is 0 Å². The molecule has 1 amide bonds. The molecule has 0 unspecified atom stereocenters. The molecule has 0 saturated heterocycles. The Morgan fingerprint density at radius 3 is 2.50 bits per heavy atom. The predicted octanol–water partition coefficient (Wildman–Crippen LogP) is 5.69. The lowest BCUT2D eigenvalue weighted by Gasteiger charge is -2.12. The molecule has 4 aromatic rings. The highest BCUT2D eigenvalue weighted by Crippen LogP contribution is 2.30. The van der Waals surface area contributed by atoms with Crippen molar-refractivity contribution < 1.29 is 9.21 Å². The zero-order valence-corrected chi connectivity index (χ0v) is 15.2. The summed E-state index contributed by atoms with van der Waals surface area (Å²) in [5.74, 6) is -0.0318. The maximum absolute atomic E-state index is 12.7. The van der Waals surface area contributed by atoms with E-state index in [-0.39, 0.29) is 12.3 Å². The first-order chi connectivity index (χ1) is 12.5. The van der Waals surface area contributed by atoms with Crippen LogP contribution in [0.1, 0.15) is 22.3 Å². The predicted molar refractivity (Wildman–Crippen MR) is 107 cm³/mol. The molecule has 3 heteroatoms. The van der Waals surface area contributed by atoms with Crippen molar-refractivity contribution in [3.8, 4) is 0 Å². The number of anilines is 1. The molecule has 0 saturated carbocycles. The van der Waals surface area contributed by atoms with Crippen LogP contribution in [-0.2, 0) is 11.2 Å². The third kappa shape index (κ3) is 2.86. The van der Waals surface area contributed by atoms with Crippen molar-refractivity contribution in [2.45, 2.75) is 27.2 Å². The van der Waals surface area contributed by atoms with E-state index in [1.165, 1.54) is 5.56 Å². The van der Waals surface area contributed by atoms with Crippen LogP contribution in [0.5, 0.6) is 0 Å². The molecule has 0 bridgehead atoms. The normalized spacial score (nSPS) is 11.2. The summed E-state index contributed by atoms with van der Waals surface area (Å²) in [6, 6.07) is 16.4. The molecule has 1 aromatic heterocycles. The molecule has 0 aliphatic carbocycles. The first-order valence-electron chi connectivity index (χ1n) is 8.78. The number of hydrogen-bond acceptors (Lipinski definition) is 2. The molecular formula is C23H21NO2. The second-order valence-corrected chi connectivity index (χ2v) is 6.92. The quantitative estimate of drug-likeness (QED) is 0.519. The highest BCUT2D eigenvalue weighted by Gasteiger charge is 2.14. The third-order valence-electron chi connectivity index (χ3n) is 4.83. The van der Waals surface area contributed by atoms with Crippen molar-refractivity contribution in [3.05, 3.63) is 77.0 Å². The van der Waals surface area contributed by atoms with Gasteiger partial charge in [0, 0.05) is 16.6 Å². The minimum absolute atomic E-state index is 0.0318. The van der Waals surface area contributed by atoms with Crippen LogP contribution in [0, 0.1) is 20.8 Å². The van der Waals surface area contributed by atoms with Crippen molar-refractivity contribution >= 4 is 33.3 Å². The largest absolute Gasteiger partial charge is 0.464 e.